The minimum absolute atomic E-state index is 0.00885. The summed E-state index contributed by atoms with van der Waals surface area (Å²) in [5, 5.41) is 11.5. The molecule has 3 N–H and O–H groups in total. The Morgan fingerprint density at radius 2 is 1.79 bits per heavy atom. The van der Waals surface area contributed by atoms with Crippen LogP contribution in [0.15, 0.2) is 54.7 Å². The lowest BCUT2D eigenvalue weighted by Crippen LogP contribution is -2.48. The molecule has 1 atom stereocenters. The molecule has 2 aliphatic rings. The van der Waals surface area contributed by atoms with Crippen LogP contribution in [0.25, 0.3) is 0 Å². The molecule has 3 aromatic rings. The van der Waals surface area contributed by atoms with Crippen molar-refractivity contribution in [2.75, 3.05) is 13.2 Å². The van der Waals surface area contributed by atoms with Crippen LogP contribution in [-0.2, 0) is 27.2 Å². The normalized spacial score (nSPS) is 19.7. The molecule has 39 heavy (non-hydrogen) atoms. The molecule has 0 unspecified atom stereocenters. The van der Waals surface area contributed by atoms with Gasteiger partial charge in [-0.1, -0.05) is 35.3 Å². The van der Waals surface area contributed by atoms with Gasteiger partial charge in [-0.25, -0.2) is 4.39 Å². The number of primary amides is 1. The quantitative estimate of drug-likeness (QED) is 0.378. The van der Waals surface area contributed by atoms with Crippen LogP contribution >= 0.6 is 23.2 Å². The van der Waals surface area contributed by atoms with Gasteiger partial charge in [-0.3, -0.25) is 14.6 Å². The minimum atomic E-state index is -1.44. The van der Waals surface area contributed by atoms with Crippen molar-refractivity contribution >= 4 is 35.0 Å². The fourth-order valence-electron chi connectivity index (χ4n) is 5.14. The van der Waals surface area contributed by atoms with E-state index in [9.17, 15) is 14.7 Å². The van der Waals surface area contributed by atoms with Crippen LogP contribution in [0.3, 0.4) is 0 Å². The molecular formula is C29H28Cl2FN3O4. The van der Waals surface area contributed by atoms with Gasteiger partial charge in [0.15, 0.2) is 0 Å². The number of amides is 2. The zero-order chi connectivity index (χ0) is 28.2. The predicted molar refractivity (Wildman–Crippen MR) is 145 cm³/mol. The highest BCUT2D eigenvalue weighted by Gasteiger charge is 2.55. The second kappa shape index (κ2) is 9.86. The average molecular weight is 572 g/mol. The van der Waals surface area contributed by atoms with E-state index in [1.807, 2.05) is 0 Å². The molecule has 1 aliphatic carbocycles. The number of halogens is 3. The molecule has 1 fully saturated rings. The summed E-state index contributed by atoms with van der Waals surface area (Å²) in [5.41, 5.74) is 3.58. The molecule has 0 bridgehead atoms. The van der Waals surface area contributed by atoms with Crippen molar-refractivity contribution in [2.45, 2.75) is 44.4 Å². The van der Waals surface area contributed by atoms with E-state index in [1.165, 1.54) is 37.1 Å². The van der Waals surface area contributed by atoms with E-state index in [2.05, 4.69) is 4.98 Å². The Morgan fingerprint density at radius 1 is 1.13 bits per heavy atom. The van der Waals surface area contributed by atoms with Gasteiger partial charge in [0.1, 0.15) is 11.4 Å². The standard InChI is InChI=1S/C29H28Cl2FN3O4/c1-27(2,38)18-11-22-24(23(32)12-18)29(17-3-5-19(30)6-4-17,16-39-15-28(9-10-28)26(33)37)35(25(22)36)14-21-8-7-20(31)13-34-21/h3-8,11-13,38H,9-10,14-16H2,1-2H3,(H2,33,37)/t29-/m0/s1. The zero-order valence-corrected chi connectivity index (χ0v) is 23.0. The number of ether oxygens (including phenoxy) is 1. The number of benzene rings is 2. The summed E-state index contributed by atoms with van der Waals surface area (Å²) < 4.78 is 22.4. The Bertz CT molecular complexity index is 1440. The fourth-order valence-corrected chi connectivity index (χ4v) is 5.38. The molecule has 5 rings (SSSR count). The van der Waals surface area contributed by atoms with Gasteiger partial charge < -0.3 is 20.5 Å². The van der Waals surface area contributed by atoms with Crippen molar-refractivity contribution in [2.24, 2.45) is 11.1 Å². The van der Waals surface area contributed by atoms with Crippen LogP contribution in [0.2, 0.25) is 10.0 Å². The van der Waals surface area contributed by atoms with Crippen LogP contribution in [0, 0.1) is 11.2 Å². The third kappa shape index (κ3) is 4.91. The van der Waals surface area contributed by atoms with E-state index in [0.29, 0.717) is 34.1 Å². The van der Waals surface area contributed by atoms with Crippen molar-refractivity contribution in [3.05, 3.63) is 98.5 Å². The van der Waals surface area contributed by atoms with E-state index in [1.54, 1.807) is 36.4 Å². The fraction of sp³-hybridized carbons (Fsp3) is 0.345. The first-order chi connectivity index (χ1) is 18.4. The van der Waals surface area contributed by atoms with E-state index >= 15 is 4.39 Å². The maximum absolute atomic E-state index is 16.2. The number of rotatable bonds is 9. The smallest absolute Gasteiger partial charge is 0.255 e. The van der Waals surface area contributed by atoms with E-state index in [0.717, 1.165) is 0 Å². The summed E-state index contributed by atoms with van der Waals surface area (Å²) in [4.78, 5) is 32.0. The third-order valence-electron chi connectivity index (χ3n) is 7.64. The Kier molecular flexibility index (Phi) is 6.96. The maximum Gasteiger partial charge on any atom is 0.255 e. The lowest BCUT2D eigenvalue weighted by molar-refractivity contribution is -0.126. The predicted octanol–water partition coefficient (Wildman–Crippen LogP) is 4.94. The molecular weight excluding hydrogens is 544 g/mol. The van der Waals surface area contributed by atoms with Crippen molar-refractivity contribution in [3.8, 4) is 0 Å². The number of hydrogen-bond donors (Lipinski definition) is 2. The van der Waals surface area contributed by atoms with Crippen molar-refractivity contribution < 1.29 is 23.8 Å². The zero-order valence-electron chi connectivity index (χ0n) is 21.5. The third-order valence-corrected chi connectivity index (χ3v) is 8.12. The van der Waals surface area contributed by atoms with Crippen LogP contribution in [-0.4, -0.2) is 40.0 Å². The molecule has 2 aromatic carbocycles. The highest BCUT2D eigenvalue weighted by atomic mass is 35.5. The molecule has 2 amide bonds. The van der Waals surface area contributed by atoms with Crippen LogP contribution < -0.4 is 5.73 Å². The van der Waals surface area contributed by atoms with E-state index in [4.69, 9.17) is 33.7 Å². The summed E-state index contributed by atoms with van der Waals surface area (Å²) in [6.45, 7) is 2.94. The van der Waals surface area contributed by atoms with E-state index < -0.39 is 34.2 Å². The van der Waals surface area contributed by atoms with Gasteiger partial charge in [0.2, 0.25) is 5.91 Å². The highest BCUT2D eigenvalue weighted by molar-refractivity contribution is 6.30. The van der Waals surface area contributed by atoms with Crippen LogP contribution in [0.1, 0.15) is 59.4 Å². The Labute approximate surface area is 235 Å². The molecule has 204 valence electrons. The number of nitrogens with zero attached hydrogens (tertiary/aromatic N) is 2. The molecule has 10 heteroatoms. The molecule has 0 radical (unpaired) electrons. The number of nitrogens with two attached hydrogens (primary N) is 1. The van der Waals surface area contributed by atoms with Gasteiger partial charge in [0, 0.05) is 22.3 Å². The van der Waals surface area contributed by atoms with Crippen LogP contribution in [0.4, 0.5) is 4.39 Å². The molecule has 0 saturated heterocycles. The number of hydrogen-bond acceptors (Lipinski definition) is 5. The van der Waals surface area contributed by atoms with Crippen molar-refractivity contribution in [1.82, 2.24) is 9.88 Å². The molecule has 1 saturated carbocycles. The number of aromatic nitrogens is 1. The highest BCUT2D eigenvalue weighted by Crippen LogP contribution is 2.50. The largest absolute Gasteiger partial charge is 0.386 e. The second-order valence-corrected chi connectivity index (χ2v) is 11.7. The van der Waals surface area contributed by atoms with E-state index in [-0.39, 0.29) is 36.4 Å². The Hall–Kier alpha value is -3.04. The van der Waals surface area contributed by atoms with Gasteiger partial charge in [-0.2, -0.15) is 0 Å². The lowest BCUT2D eigenvalue weighted by Gasteiger charge is -2.40. The van der Waals surface area contributed by atoms with Crippen molar-refractivity contribution in [1.29, 1.82) is 0 Å². The van der Waals surface area contributed by atoms with Gasteiger partial charge in [-0.05, 0) is 74.2 Å². The first-order valence-electron chi connectivity index (χ1n) is 12.5. The maximum atomic E-state index is 16.2. The first-order valence-corrected chi connectivity index (χ1v) is 13.3. The molecule has 1 aliphatic heterocycles. The van der Waals surface area contributed by atoms with Gasteiger partial charge in [-0.15, -0.1) is 0 Å². The SMILES string of the molecule is CC(C)(O)c1cc(F)c2c(c1)C(=O)N(Cc1ccc(Cl)cn1)[C@@]2(COCC1(C(N)=O)CC1)c1ccc(Cl)cc1. The average Bonchev–Trinajstić information content (AvgIpc) is 3.63. The summed E-state index contributed by atoms with van der Waals surface area (Å²) >= 11 is 12.2. The summed E-state index contributed by atoms with van der Waals surface area (Å²) in [5.74, 6) is -1.57. The minimum Gasteiger partial charge on any atom is -0.386 e. The topological polar surface area (TPSA) is 106 Å². The molecule has 0 spiro atoms. The number of carbonyl (C=O) groups excluding carboxylic acids is 2. The first kappa shape index (κ1) is 27.5. The monoisotopic (exact) mass is 571 g/mol. The molecule has 7 nitrogen and oxygen atoms in total. The Morgan fingerprint density at radius 3 is 2.36 bits per heavy atom. The molecule has 2 heterocycles. The van der Waals surface area contributed by atoms with Crippen LogP contribution in [0.5, 0.6) is 0 Å². The summed E-state index contributed by atoms with van der Waals surface area (Å²) in [6, 6.07) is 12.9. The number of carbonyl (C=O) groups is 2. The van der Waals surface area contributed by atoms with Crippen molar-refractivity contribution in [3.63, 3.8) is 0 Å². The second-order valence-electron chi connectivity index (χ2n) is 10.8. The molecule has 1 aromatic heterocycles. The van der Waals surface area contributed by atoms with Gasteiger partial charge >= 0.3 is 0 Å². The number of pyridine rings is 1. The number of aliphatic hydroxyl groups is 1. The van der Waals surface area contributed by atoms with Gasteiger partial charge in [0.05, 0.1) is 41.5 Å². The Balaban J connectivity index is 1.69. The van der Waals surface area contributed by atoms with Gasteiger partial charge in [0.25, 0.3) is 5.91 Å². The summed E-state index contributed by atoms with van der Waals surface area (Å²) in [6.07, 6.45) is 2.68. The number of fused-ring (bicyclic) bond motifs is 1. The summed E-state index contributed by atoms with van der Waals surface area (Å²) in [7, 11) is 0. The lowest BCUT2D eigenvalue weighted by atomic mass is 9.81.